The number of aromatic amines is 1. The molecule has 2 aliphatic heterocycles. The minimum Gasteiger partial charge on any atom is -0.383 e. The van der Waals surface area contributed by atoms with Crippen LogP contribution in [0.2, 0.25) is 0 Å². The summed E-state index contributed by atoms with van der Waals surface area (Å²) in [6.07, 6.45) is 4.00. The summed E-state index contributed by atoms with van der Waals surface area (Å²) in [6, 6.07) is 9.95. The van der Waals surface area contributed by atoms with Crippen molar-refractivity contribution in [2.75, 3.05) is 33.4 Å². The van der Waals surface area contributed by atoms with Crippen molar-refractivity contribution in [1.29, 1.82) is 0 Å². The number of carbonyl (C=O) groups is 2. The van der Waals surface area contributed by atoms with Crippen LogP contribution in [0.3, 0.4) is 0 Å². The maximum atomic E-state index is 13.1. The molecular weight excluding hydrogens is 462 g/mol. The highest BCUT2D eigenvalue weighted by Crippen LogP contribution is 2.38. The zero-order valence-corrected chi connectivity index (χ0v) is 20.4. The summed E-state index contributed by atoms with van der Waals surface area (Å²) in [7, 11) is 1.74. The minimum absolute atomic E-state index is 0.353. The smallest absolute Gasteiger partial charge is 0.261 e. The van der Waals surface area contributed by atoms with Crippen LogP contribution in [0.25, 0.3) is 32.3 Å². The molecule has 0 unspecified atom stereocenters. The van der Waals surface area contributed by atoms with Gasteiger partial charge in [0.25, 0.3) is 11.8 Å². The molecule has 9 heteroatoms. The lowest BCUT2D eigenvalue weighted by molar-refractivity contribution is -0.122. The number of rotatable bonds is 7. The number of imide groups is 1. The Morgan fingerprint density at radius 3 is 2.71 bits per heavy atom. The Bertz CT molecular complexity index is 1450. The largest absolute Gasteiger partial charge is 0.383 e. The fourth-order valence-electron chi connectivity index (χ4n) is 5.30. The van der Waals surface area contributed by atoms with Crippen LogP contribution in [0.4, 0.5) is 0 Å². The third-order valence-electron chi connectivity index (χ3n) is 7.15. The molecule has 2 amide bonds. The van der Waals surface area contributed by atoms with Crippen molar-refractivity contribution >= 4 is 55.4 Å². The van der Waals surface area contributed by atoms with E-state index in [0.29, 0.717) is 22.8 Å². The Labute approximate surface area is 206 Å². The summed E-state index contributed by atoms with van der Waals surface area (Å²) in [5.41, 5.74) is 3.04. The van der Waals surface area contributed by atoms with Gasteiger partial charge in [0.05, 0.1) is 23.3 Å². The molecule has 3 aromatic heterocycles. The van der Waals surface area contributed by atoms with Gasteiger partial charge in [0, 0.05) is 42.7 Å². The molecule has 4 aromatic rings. The number of amides is 2. The zero-order valence-electron chi connectivity index (χ0n) is 19.5. The molecule has 0 spiro atoms. The van der Waals surface area contributed by atoms with Crippen LogP contribution >= 0.6 is 11.3 Å². The second-order valence-corrected chi connectivity index (χ2v) is 10.1. The van der Waals surface area contributed by atoms with Crippen molar-refractivity contribution in [2.24, 2.45) is 5.92 Å². The van der Waals surface area contributed by atoms with Gasteiger partial charge in [-0.15, -0.1) is 11.3 Å². The van der Waals surface area contributed by atoms with Gasteiger partial charge in [-0.05, 0) is 49.4 Å². The number of nitrogens with zero attached hydrogens (tertiary/aromatic N) is 3. The fraction of sp³-hybridized carbons (Fsp3) is 0.346. The van der Waals surface area contributed by atoms with E-state index in [1.54, 1.807) is 18.4 Å². The number of methoxy groups -OCH3 is 1. The summed E-state index contributed by atoms with van der Waals surface area (Å²) in [6.45, 7) is 4.62. The summed E-state index contributed by atoms with van der Waals surface area (Å²) >= 11 is 1.57. The van der Waals surface area contributed by atoms with Gasteiger partial charge in [-0.2, -0.15) is 5.10 Å². The summed E-state index contributed by atoms with van der Waals surface area (Å²) in [4.78, 5) is 32.7. The second-order valence-electron chi connectivity index (χ2n) is 9.22. The number of hydrogen-bond donors (Lipinski definition) is 2. The van der Waals surface area contributed by atoms with E-state index < -0.39 is 5.91 Å². The molecule has 0 bridgehead atoms. The van der Waals surface area contributed by atoms with E-state index in [9.17, 15) is 9.59 Å². The number of fused-ring (bicyclic) bond motifs is 2. The third kappa shape index (κ3) is 3.89. The molecule has 2 aliphatic rings. The maximum Gasteiger partial charge on any atom is 0.261 e. The Morgan fingerprint density at radius 1 is 1.09 bits per heavy atom. The molecule has 2 N–H and O–H groups in total. The standard InChI is InChI=1S/C26H27N5O3S/c1-34-12-11-30-9-6-16(7-10-30)15-31-20-5-3-2-4-18(20)23(29-31)22-21(24(32)28-25(22)33)19-14-27-26-17(19)8-13-35-26/h2-5,8,13-14,16,27H,6-7,9-12,15H2,1H3,(H,28,32,33). The number of para-hydroxylation sites is 1. The zero-order chi connectivity index (χ0) is 23.9. The van der Waals surface area contributed by atoms with Gasteiger partial charge in [-0.1, -0.05) is 18.2 Å². The summed E-state index contributed by atoms with van der Waals surface area (Å²) < 4.78 is 7.25. The lowest BCUT2D eigenvalue weighted by atomic mass is 9.97. The van der Waals surface area contributed by atoms with Crippen LogP contribution in [0.1, 0.15) is 24.1 Å². The highest BCUT2D eigenvalue weighted by atomic mass is 32.1. The van der Waals surface area contributed by atoms with E-state index in [1.807, 2.05) is 46.6 Å². The normalized spacial score (nSPS) is 17.9. The van der Waals surface area contributed by atoms with Crippen molar-refractivity contribution in [1.82, 2.24) is 25.0 Å². The Balaban J connectivity index is 1.38. The van der Waals surface area contributed by atoms with E-state index in [4.69, 9.17) is 9.84 Å². The lowest BCUT2D eigenvalue weighted by Crippen LogP contribution is -2.37. The van der Waals surface area contributed by atoms with Crippen LogP contribution in [0.5, 0.6) is 0 Å². The van der Waals surface area contributed by atoms with E-state index in [-0.39, 0.29) is 5.91 Å². The van der Waals surface area contributed by atoms with Crippen molar-refractivity contribution in [2.45, 2.75) is 19.4 Å². The number of benzene rings is 1. The first-order valence-corrected chi connectivity index (χ1v) is 12.8. The number of thiophene rings is 1. The third-order valence-corrected chi connectivity index (χ3v) is 7.99. The molecule has 0 atom stereocenters. The van der Waals surface area contributed by atoms with Crippen molar-refractivity contribution in [3.8, 4) is 0 Å². The number of ether oxygens (including phenoxy) is 1. The molecule has 180 valence electrons. The average molecular weight is 490 g/mol. The number of carbonyl (C=O) groups excluding carboxylic acids is 2. The van der Waals surface area contributed by atoms with Crippen LogP contribution in [-0.2, 0) is 20.9 Å². The maximum absolute atomic E-state index is 13.1. The SMILES string of the molecule is COCCN1CCC(Cn2nc(C3=C(c4c[nH]c5sccc45)C(=O)NC3=O)c3ccccc32)CC1. The summed E-state index contributed by atoms with van der Waals surface area (Å²) in [5.74, 6) is -0.261. The van der Waals surface area contributed by atoms with Gasteiger partial charge < -0.3 is 14.6 Å². The molecule has 0 radical (unpaired) electrons. The molecule has 1 saturated heterocycles. The highest BCUT2D eigenvalue weighted by Gasteiger charge is 2.36. The average Bonchev–Trinajstić information content (AvgIpc) is 3.62. The molecule has 35 heavy (non-hydrogen) atoms. The van der Waals surface area contributed by atoms with Crippen LogP contribution in [-0.4, -0.2) is 64.8 Å². The van der Waals surface area contributed by atoms with E-state index in [0.717, 1.165) is 72.3 Å². The molecule has 6 rings (SSSR count). The quantitative estimate of drug-likeness (QED) is 0.388. The molecule has 0 aliphatic carbocycles. The van der Waals surface area contributed by atoms with Crippen molar-refractivity contribution in [3.63, 3.8) is 0 Å². The van der Waals surface area contributed by atoms with E-state index in [2.05, 4.69) is 15.2 Å². The van der Waals surface area contributed by atoms with Gasteiger partial charge in [-0.3, -0.25) is 19.6 Å². The lowest BCUT2D eigenvalue weighted by Gasteiger charge is -2.31. The minimum atomic E-state index is -0.392. The molecule has 8 nitrogen and oxygen atoms in total. The van der Waals surface area contributed by atoms with Gasteiger partial charge in [0.2, 0.25) is 0 Å². The summed E-state index contributed by atoms with van der Waals surface area (Å²) in [5, 5.41) is 11.3. The number of aromatic nitrogens is 3. The van der Waals surface area contributed by atoms with Gasteiger partial charge >= 0.3 is 0 Å². The van der Waals surface area contributed by atoms with E-state index >= 15 is 0 Å². The number of hydrogen-bond acceptors (Lipinski definition) is 6. The highest BCUT2D eigenvalue weighted by molar-refractivity contribution is 7.16. The van der Waals surface area contributed by atoms with Crippen molar-refractivity contribution < 1.29 is 14.3 Å². The van der Waals surface area contributed by atoms with Gasteiger partial charge in [-0.25, -0.2) is 0 Å². The van der Waals surface area contributed by atoms with Crippen molar-refractivity contribution in [3.05, 3.63) is 53.2 Å². The second kappa shape index (κ2) is 9.07. The first-order chi connectivity index (χ1) is 17.1. The van der Waals surface area contributed by atoms with E-state index in [1.165, 1.54) is 0 Å². The molecule has 1 aromatic carbocycles. The Hall–Kier alpha value is -3.27. The molecule has 0 saturated carbocycles. The number of H-pyrrole nitrogens is 1. The Kier molecular flexibility index (Phi) is 5.75. The number of piperidine rings is 1. The first-order valence-electron chi connectivity index (χ1n) is 12.0. The molecule has 5 heterocycles. The Morgan fingerprint density at radius 2 is 1.89 bits per heavy atom. The number of nitrogens with one attached hydrogen (secondary N) is 2. The van der Waals surface area contributed by atoms with Crippen LogP contribution in [0.15, 0.2) is 41.9 Å². The van der Waals surface area contributed by atoms with Gasteiger partial charge in [0.1, 0.15) is 10.5 Å². The predicted molar refractivity (Wildman–Crippen MR) is 137 cm³/mol. The number of likely N-dealkylation sites (tertiary alicyclic amines) is 1. The first kappa shape index (κ1) is 22.2. The fourth-order valence-corrected chi connectivity index (χ4v) is 6.07. The monoisotopic (exact) mass is 489 g/mol. The molecule has 1 fully saturated rings. The van der Waals surface area contributed by atoms with Gasteiger partial charge in [0.15, 0.2) is 0 Å². The predicted octanol–water partition coefficient (Wildman–Crippen LogP) is 3.50. The topological polar surface area (TPSA) is 92.2 Å². The van der Waals surface area contributed by atoms with Crippen LogP contribution in [0, 0.1) is 5.92 Å². The molecular formula is C26H27N5O3S. The van der Waals surface area contributed by atoms with Crippen LogP contribution < -0.4 is 5.32 Å².